The second-order valence-electron chi connectivity index (χ2n) is 5.29. The molecule has 0 aliphatic carbocycles. The molecule has 22 heavy (non-hydrogen) atoms. The van der Waals surface area contributed by atoms with Gasteiger partial charge in [-0.1, -0.05) is 0 Å². The number of anilines is 1. The average Bonchev–Trinajstić information content (AvgIpc) is 2.49. The number of hydrogen-bond acceptors (Lipinski definition) is 7. The Labute approximate surface area is 127 Å². The molecule has 9 heteroatoms. The third kappa shape index (κ3) is 4.12. The van der Waals surface area contributed by atoms with Gasteiger partial charge in [-0.25, -0.2) is 0 Å². The van der Waals surface area contributed by atoms with Crippen LogP contribution in [0.2, 0.25) is 0 Å². The first-order valence-corrected chi connectivity index (χ1v) is 7.05. The smallest absolute Gasteiger partial charge is 0.299 e. The van der Waals surface area contributed by atoms with Gasteiger partial charge in [0.15, 0.2) is 0 Å². The fourth-order valence-corrected chi connectivity index (χ4v) is 2.35. The monoisotopic (exact) mass is 309 g/mol. The van der Waals surface area contributed by atoms with Crippen molar-refractivity contribution < 1.29 is 9.85 Å². The van der Waals surface area contributed by atoms with Crippen LogP contribution in [-0.4, -0.2) is 66.0 Å². The topological polar surface area (TPSA) is 105 Å². The van der Waals surface area contributed by atoms with Crippen molar-refractivity contribution in [3.8, 4) is 0 Å². The van der Waals surface area contributed by atoms with E-state index in [1.807, 2.05) is 0 Å². The van der Waals surface area contributed by atoms with Crippen molar-refractivity contribution in [3.05, 3.63) is 38.4 Å². The van der Waals surface area contributed by atoms with Crippen molar-refractivity contribution in [1.82, 2.24) is 9.80 Å². The van der Waals surface area contributed by atoms with Crippen LogP contribution in [0, 0.1) is 20.2 Å². The number of likely N-dealkylation sites (N-methyl/N-ethyl adjacent to an activating group) is 1. The molecule has 120 valence electrons. The molecule has 0 aromatic heterocycles. The van der Waals surface area contributed by atoms with Crippen molar-refractivity contribution >= 4 is 17.1 Å². The lowest BCUT2D eigenvalue weighted by Crippen LogP contribution is -2.45. The Hall–Kier alpha value is -2.26. The second-order valence-corrected chi connectivity index (χ2v) is 5.29. The van der Waals surface area contributed by atoms with Crippen molar-refractivity contribution in [2.45, 2.75) is 0 Å². The SMILES string of the molecule is CN1CCN(CCNc2ccc([N+](=O)[O-])cc2[N+](=O)[O-])CC1. The number of nitro benzene ring substituents is 2. The molecule has 1 aromatic rings. The molecule has 0 radical (unpaired) electrons. The standard InChI is InChI=1S/C13H19N5O4/c1-15-6-8-16(9-7-15)5-4-14-12-3-2-11(17(19)20)10-13(12)18(21)22/h2-3,10,14H,4-9H2,1H3. The van der Waals surface area contributed by atoms with Gasteiger partial charge in [0.2, 0.25) is 0 Å². The van der Waals surface area contributed by atoms with Gasteiger partial charge in [0, 0.05) is 45.3 Å². The number of hydrogen-bond donors (Lipinski definition) is 1. The Kier molecular flexibility index (Phi) is 5.23. The van der Waals surface area contributed by atoms with Crippen LogP contribution in [0.5, 0.6) is 0 Å². The number of nitrogens with zero attached hydrogens (tertiary/aromatic N) is 4. The van der Waals surface area contributed by atoms with E-state index in [0.29, 0.717) is 12.2 Å². The summed E-state index contributed by atoms with van der Waals surface area (Å²) in [5.41, 5.74) is -0.242. The highest BCUT2D eigenvalue weighted by molar-refractivity contribution is 5.65. The zero-order chi connectivity index (χ0) is 16.1. The molecule has 0 amide bonds. The zero-order valence-electron chi connectivity index (χ0n) is 12.4. The number of nitrogens with one attached hydrogen (secondary N) is 1. The van der Waals surface area contributed by atoms with Crippen LogP contribution in [0.1, 0.15) is 0 Å². The molecule has 0 saturated carbocycles. The van der Waals surface area contributed by atoms with E-state index in [-0.39, 0.29) is 11.4 Å². The van der Waals surface area contributed by atoms with Crippen molar-refractivity contribution in [1.29, 1.82) is 0 Å². The highest BCUT2D eigenvalue weighted by atomic mass is 16.6. The van der Waals surface area contributed by atoms with E-state index in [0.717, 1.165) is 38.8 Å². The Bertz CT molecular complexity index is 557. The van der Waals surface area contributed by atoms with Gasteiger partial charge in [-0.2, -0.15) is 0 Å². The maximum atomic E-state index is 11.0. The van der Waals surface area contributed by atoms with Gasteiger partial charge in [-0.3, -0.25) is 25.1 Å². The lowest BCUT2D eigenvalue weighted by Gasteiger charge is -2.32. The first-order chi connectivity index (χ1) is 10.5. The van der Waals surface area contributed by atoms with Gasteiger partial charge in [-0.15, -0.1) is 0 Å². The zero-order valence-corrected chi connectivity index (χ0v) is 12.4. The number of non-ortho nitro benzene ring substituents is 1. The summed E-state index contributed by atoms with van der Waals surface area (Å²) >= 11 is 0. The van der Waals surface area contributed by atoms with Gasteiger partial charge in [-0.05, 0) is 13.1 Å². The van der Waals surface area contributed by atoms with Crippen LogP contribution in [0.25, 0.3) is 0 Å². The summed E-state index contributed by atoms with van der Waals surface area (Å²) < 4.78 is 0. The van der Waals surface area contributed by atoms with Gasteiger partial charge in [0.1, 0.15) is 5.69 Å². The Balaban J connectivity index is 1.94. The van der Waals surface area contributed by atoms with Crippen molar-refractivity contribution in [2.75, 3.05) is 51.6 Å². The molecule has 0 unspecified atom stereocenters. The molecule has 0 spiro atoms. The summed E-state index contributed by atoms with van der Waals surface area (Å²) in [5, 5.41) is 24.7. The normalized spacial score (nSPS) is 16.4. The highest BCUT2D eigenvalue weighted by Crippen LogP contribution is 2.28. The molecule has 1 N–H and O–H groups in total. The largest absolute Gasteiger partial charge is 0.378 e. The maximum Gasteiger partial charge on any atom is 0.299 e. The Morgan fingerprint density at radius 2 is 1.82 bits per heavy atom. The molecule has 9 nitrogen and oxygen atoms in total. The van der Waals surface area contributed by atoms with E-state index in [9.17, 15) is 20.2 Å². The third-order valence-corrected chi connectivity index (χ3v) is 3.73. The number of benzene rings is 1. The number of rotatable bonds is 6. The molecule has 1 heterocycles. The third-order valence-electron chi connectivity index (χ3n) is 3.73. The molecule has 1 saturated heterocycles. The van der Waals surface area contributed by atoms with E-state index >= 15 is 0 Å². The van der Waals surface area contributed by atoms with Crippen molar-refractivity contribution in [2.24, 2.45) is 0 Å². The van der Waals surface area contributed by atoms with Crippen LogP contribution in [0.4, 0.5) is 17.1 Å². The van der Waals surface area contributed by atoms with E-state index in [4.69, 9.17) is 0 Å². The number of nitro groups is 2. The van der Waals surface area contributed by atoms with Crippen LogP contribution in [-0.2, 0) is 0 Å². The van der Waals surface area contributed by atoms with Gasteiger partial charge < -0.3 is 10.2 Å². The minimum absolute atomic E-state index is 0.271. The minimum Gasteiger partial charge on any atom is -0.378 e. The summed E-state index contributed by atoms with van der Waals surface area (Å²) in [4.78, 5) is 25.0. The molecule has 1 fully saturated rings. The summed E-state index contributed by atoms with van der Waals surface area (Å²) in [7, 11) is 2.08. The Morgan fingerprint density at radius 3 is 2.41 bits per heavy atom. The lowest BCUT2D eigenvalue weighted by molar-refractivity contribution is -0.393. The van der Waals surface area contributed by atoms with Gasteiger partial charge in [0.05, 0.1) is 15.9 Å². The summed E-state index contributed by atoms with van der Waals surface area (Å²) in [6.45, 7) is 5.31. The average molecular weight is 309 g/mol. The molecule has 1 aliphatic heterocycles. The first kappa shape index (κ1) is 16.1. The van der Waals surface area contributed by atoms with E-state index in [2.05, 4.69) is 22.2 Å². The second kappa shape index (κ2) is 7.14. The molecular weight excluding hydrogens is 290 g/mol. The molecule has 2 rings (SSSR count). The van der Waals surface area contributed by atoms with E-state index < -0.39 is 9.85 Å². The van der Waals surface area contributed by atoms with Crippen LogP contribution >= 0.6 is 0 Å². The fourth-order valence-electron chi connectivity index (χ4n) is 2.35. The quantitative estimate of drug-likeness (QED) is 0.621. The van der Waals surface area contributed by atoms with E-state index in [1.165, 1.54) is 12.1 Å². The first-order valence-electron chi connectivity index (χ1n) is 7.05. The lowest BCUT2D eigenvalue weighted by atomic mass is 10.2. The molecule has 1 aliphatic rings. The predicted molar refractivity (Wildman–Crippen MR) is 82.2 cm³/mol. The minimum atomic E-state index is -0.638. The van der Waals surface area contributed by atoms with Crippen molar-refractivity contribution in [3.63, 3.8) is 0 Å². The molecular formula is C13H19N5O4. The number of piperazine rings is 1. The highest BCUT2D eigenvalue weighted by Gasteiger charge is 2.19. The fraction of sp³-hybridized carbons (Fsp3) is 0.538. The molecule has 0 bridgehead atoms. The predicted octanol–water partition coefficient (Wildman–Crippen LogP) is 1.16. The molecule has 0 atom stereocenters. The van der Waals surface area contributed by atoms with Gasteiger partial charge in [0.25, 0.3) is 11.4 Å². The van der Waals surface area contributed by atoms with Crippen LogP contribution in [0.15, 0.2) is 18.2 Å². The summed E-state index contributed by atoms with van der Waals surface area (Å²) in [6.07, 6.45) is 0. The van der Waals surface area contributed by atoms with E-state index in [1.54, 1.807) is 0 Å². The van der Waals surface area contributed by atoms with Crippen LogP contribution < -0.4 is 5.32 Å². The Morgan fingerprint density at radius 1 is 1.14 bits per heavy atom. The summed E-state index contributed by atoms with van der Waals surface area (Å²) in [6, 6.07) is 3.64. The summed E-state index contributed by atoms with van der Waals surface area (Å²) in [5.74, 6) is 0. The van der Waals surface area contributed by atoms with Gasteiger partial charge >= 0.3 is 0 Å². The maximum absolute atomic E-state index is 11.0. The molecule has 1 aromatic carbocycles. The van der Waals surface area contributed by atoms with Crippen LogP contribution in [0.3, 0.4) is 0 Å².